The van der Waals surface area contributed by atoms with Crippen molar-refractivity contribution in [2.24, 2.45) is 5.73 Å². The molecule has 1 aliphatic heterocycles. The Kier molecular flexibility index (Phi) is 6.55. The van der Waals surface area contributed by atoms with Crippen molar-refractivity contribution in [1.82, 2.24) is 25.1 Å². The maximum absolute atomic E-state index is 12.9. The van der Waals surface area contributed by atoms with E-state index in [2.05, 4.69) is 52.8 Å². The van der Waals surface area contributed by atoms with Crippen molar-refractivity contribution in [1.29, 1.82) is 0 Å². The Bertz CT molecular complexity index is 1150. The SMILES string of the molecule is CN(c1ccc(-c2ncc(-c3cn[nH]c3)cn2)c(O)c1)C1CC(C)(C)N(C(=O)CCN)C(C)(C)C1. The van der Waals surface area contributed by atoms with Gasteiger partial charge in [-0.05, 0) is 52.7 Å². The Morgan fingerprint density at radius 2 is 1.80 bits per heavy atom. The van der Waals surface area contributed by atoms with Gasteiger partial charge in [-0.15, -0.1) is 0 Å². The molecule has 1 saturated heterocycles. The molecule has 0 atom stereocenters. The number of nitrogens with zero attached hydrogens (tertiary/aromatic N) is 5. The van der Waals surface area contributed by atoms with E-state index in [0.29, 0.717) is 24.4 Å². The van der Waals surface area contributed by atoms with Crippen LogP contribution in [0.15, 0.2) is 43.0 Å². The van der Waals surface area contributed by atoms with Crippen LogP contribution in [0.4, 0.5) is 5.69 Å². The number of likely N-dealkylation sites (tertiary alicyclic amines) is 1. The predicted molar refractivity (Wildman–Crippen MR) is 137 cm³/mol. The summed E-state index contributed by atoms with van der Waals surface area (Å²) < 4.78 is 0. The van der Waals surface area contributed by atoms with Crippen molar-refractivity contribution in [3.63, 3.8) is 0 Å². The third-order valence-electron chi connectivity index (χ3n) is 6.95. The molecule has 4 N–H and O–H groups in total. The molecule has 186 valence electrons. The zero-order valence-corrected chi connectivity index (χ0v) is 21.1. The number of hydrogen-bond donors (Lipinski definition) is 3. The summed E-state index contributed by atoms with van der Waals surface area (Å²) in [5.41, 5.74) is 8.26. The highest BCUT2D eigenvalue weighted by molar-refractivity contribution is 5.78. The van der Waals surface area contributed by atoms with E-state index in [1.54, 1.807) is 30.9 Å². The summed E-state index contributed by atoms with van der Waals surface area (Å²) in [6.07, 6.45) is 8.90. The summed E-state index contributed by atoms with van der Waals surface area (Å²) in [5, 5.41) is 17.6. The molecule has 9 heteroatoms. The normalized spacial score (nSPS) is 17.4. The minimum Gasteiger partial charge on any atom is -0.507 e. The van der Waals surface area contributed by atoms with Gasteiger partial charge in [-0.25, -0.2) is 9.97 Å². The Labute approximate surface area is 206 Å². The molecule has 1 fully saturated rings. The number of nitrogens with one attached hydrogen (secondary N) is 1. The molecule has 0 bridgehead atoms. The lowest BCUT2D eigenvalue weighted by molar-refractivity contribution is -0.149. The third-order valence-corrected chi connectivity index (χ3v) is 6.95. The number of aromatic nitrogens is 4. The standard InChI is InChI=1S/C26H35N7O2/c1-25(2)11-20(12-26(3,4)33(25)23(35)8-9-27)32(5)19-6-7-21(22(34)10-19)24-28-13-17(14-29-24)18-15-30-31-16-18/h6-7,10,13-16,20,34H,8-9,11-12,27H2,1-5H3,(H,30,31). The molecule has 9 nitrogen and oxygen atoms in total. The zero-order valence-electron chi connectivity index (χ0n) is 21.1. The average Bonchev–Trinajstić information content (AvgIpc) is 3.32. The lowest BCUT2D eigenvalue weighted by Crippen LogP contribution is -2.66. The molecule has 4 rings (SSSR count). The highest BCUT2D eigenvalue weighted by Gasteiger charge is 2.48. The Morgan fingerprint density at radius 3 is 2.34 bits per heavy atom. The largest absolute Gasteiger partial charge is 0.507 e. The number of carbonyl (C=O) groups excluding carboxylic acids is 1. The molecule has 35 heavy (non-hydrogen) atoms. The quantitative estimate of drug-likeness (QED) is 0.496. The van der Waals surface area contributed by atoms with Gasteiger partial charge in [-0.2, -0.15) is 5.10 Å². The van der Waals surface area contributed by atoms with Crippen LogP contribution in [0.25, 0.3) is 22.5 Å². The van der Waals surface area contributed by atoms with Crippen molar-refractivity contribution in [3.05, 3.63) is 43.0 Å². The number of hydrogen-bond acceptors (Lipinski definition) is 7. The summed E-state index contributed by atoms with van der Waals surface area (Å²) in [5.74, 6) is 0.682. The van der Waals surface area contributed by atoms with Gasteiger partial charge >= 0.3 is 0 Å². The number of piperidine rings is 1. The Hall–Kier alpha value is -3.46. The van der Waals surface area contributed by atoms with Gasteiger partial charge < -0.3 is 20.6 Å². The van der Waals surface area contributed by atoms with Gasteiger partial charge in [0, 0.05) is 78.6 Å². The summed E-state index contributed by atoms with van der Waals surface area (Å²) in [4.78, 5) is 25.9. The second-order valence-electron chi connectivity index (χ2n) is 10.5. The van der Waals surface area contributed by atoms with E-state index in [0.717, 1.165) is 29.7 Å². The molecule has 0 unspecified atom stereocenters. The van der Waals surface area contributed by atoms with Gasteiger partial charge in [-0.3, -0.25) is 9.89 Å². The minimum atomic E-state index is -0.320. The molecule has 0 radical (unpaired) electrons. The fourth-order valence-electron chi connectivity index (χ4n) is 5.58. The number of nitrogens with two attached hydrogens (primary N) is 1. The van der Waals surface area contributed by atoms with Crippen LogP contribution >= 0.6 is 0 Å². The second-order valence-corrected chi connectivity index (χ2v) is 10.5. The van der Waals surface area contributed by atoms with Gasteiger partial charge in [0.25, 0.3) is 0 Å². The van der Waals surface area contributed by atoms with E-state index in [4.69, 9.17) is 5.73 Å². The van der Waals surface area contributed by atoms with Gasteiger partial charge in [-0.1, -0.05) is 0 Å². The number of phenolic OH excluding ortho intramolecular Hbond substituents is 1. The first kappa shape index (κ1) is 24.7. The molecular formula is C26H35N7O2. The molecule has 1 aromatic carbocycles. The zero-order chi connectivity index (χ0) is 25.4. The molecule has 0 spiro atoms. The second kappa shape index (κ2) is 9.30. The lowest BCUT2D eigenvalue weighted by atomic mass is 9.76. The maximum Gasteiger partial charge on any atom is 0.224 e. The van der Waals surface area contributed by atoms with Gasteiger partial charge in [0.15, 0.2) is 5.82 Å². The topological polar surface area (TPSA) is 124 Å². The van der Waals surface area contributed by atoms with Crippen LogP contribution in [0.2, 0.25) is 0 Å². The number of phenols is 1. The number of aromatic amines is 1. The van der Waals surface area contributed by atoms with Crippen molar-refractivity contribution >= 4 is 11.6 Å². The van der Waals surface area contributed by atoms with E-state index in [1.165, 1.54) is 0 Å². The molecule has 2 aromatic heterocycles. The number of benzene rings is 1. The minimum absolute atomic E-state index is 0.101. The molecule has 0 aliphatic carbocycles. The van der Waals surface area contributed by atoms with E-state index in [9.17, 15) is 9.90 Å². The monoisotopic (exact) mass is 477 g/mol. The van der Waals surface area contributed by atoms with E-state index >= 15 is 0 Å². The highest BCUT2D eigenvalue weighted by Crippen LogP contribution is 2.42. The molecular weight excluding hydrogens is 442 g/mol. The smallest absolute Gasteiger partial charge is 0.224 e. The third kappa shape index (κ3) is 4.86. The fourth-order valence-corrected chi connectivity index (χ4v) is 5.58. The summed E-state index contributed by atoms with van der Waals surface area (Å²) in [6, 6.07) is 5.78. The van der Waals surface area contributed by atoms with Crippen molar-refractivity contribution < 1.29 is 9.90 Å². The predicted octanol–water partition coefficient (Wildman–Crippen LogP) is 3.57. The maximum atomic E-state index is 12.9. The first-order chi connectivity index (χ1) is 16.5. The number of rotatable bonds is 6. The molecule has 1 aliphatic rings. The molecule has 3 heterocycles. The number of H-pyrrole nitrogens is 1. The first-order valence-electron chi connectivity index (χ1n) is 11.9. The van der Waals surface area contributed by atoms with Crippen LogP contribution in [-0.4, -0.2) is 66.8 Å². The summed E-state index contributed by atoms with van der Waals surface area (Å²) in [7, 11) is 2.04. The van der Waals surface area contributed by atoms with Crippen LogP contribution < -0.4 is 10.6 Å². The van der Waals surface area contributed by atoms with Crippen molar-refractivity contribution in [2.75, 3.05) is 18.5 Å². The van der Waals surface area contributed by atoms with Gasteiger partial charge in [0.05, 0.1) is 11.8 Å². The van der Waals surface area contributed by atoms with Crippen molar-refractivity contribution in [2.45, 2.75) is 64.1 Å². The van der Waals surface area contributed by atoms with Crippen LogP contribution in [0.1, 0.15) is 47.0 Å². The highest BCUT2D eigenvalue weighted by atomic mass is 16.3. The first-order valence-corrected chi connectivity index (χ1v) is 11.9. The van der Waals surface area contributed by atoms with Gasteiger partial charge in [0.1, 0.15) is 5.75 Å². The number of anilines is 1. The van der Waals surface area contributed by atoms with Crippen LogP contribution in [0, 0.1) is 0 Å². The Balaban J connectivity index is 1.54. The molecule has 3 aromatic rings. The fraction of sp³-hybridized carbons (Fsp3) is 0.462. The summed E-state index contributed by atoms with van der Waals surface area (Å²) >= 11 is 0. The van der Waals surface area contributed by atoms with Crippen molar-refractivity contribution in [3.8, 4) is 28.3 Å². The summed E-state index contributed by atoms with van der Waals surface area (Å²) in [6.45, 7) is 8.83. The van der Waals surface area contributed by atoms with Gasteiger partial charge in [0.2, 0.25) is 5.91 Å². The Morgan fingerprint density at radius 1 is 1.14 bits per heavy atom. The lowest BCUT2D eigenvalue weighted by Gasteiger charge is -2.57. The number of carbonyl (C=O) groups is 1. The molecule has 1 amide bonds. The van der Waals surface area contributed by atoms with E-state index in [1.807, 2.05) is 24.1 Å². The van der Waals surface area contributed by atoms with E-state index in [-0.39, 0.29) is 28.8 Å². The average molecular weight is 478 g/mol. The molecule has 0 saturated carbocycles. The number of aromatic hydroxyl groups is 1. The van der Waals surface area contributed by atoms with Crippen LogP contribution in [0.5, 0.6) is 5.75 Å². The van der Waals surface area contributed by atoms with Crippen LogP contribution in [0.3, 0.4) is 0 Å². The van der Waals surface area contributed by atoms with Crippen LogP contribution in [-0.2, 0) is 4.79 Å². The van der Waals surface area contributed by atoms with E-state index < -0.39 is 0 Å². The number of amides is 1.